The zero-order chi connectivity index (χ0) is 11.7. The summed E-state index contributed by atoms with van der Waals surface area (Å²) in [7, 11) is 1.76. The summed E-state index contributed by atoms with van der Waals surface area (Å²) < 4.78 is 2.50. The van der Waals surface area contributed by atoms with Crippen LogP contribution in [-0.2, 0) is 13.5 Å². The number of aryl methyl sites for hydroxylation is 1. The second kappa shape index (κ2) is 4.67. The normalized spacial score (nSPS) is 10.9. The highest BCUT2D eigenvalue weighted by molar-refractivity contribution is 9.10. The van der Waals surface area contributed by atoms with Gasteiger partial charge in [0.1, 0.15) is 5.82 Å². The molecule has 84 valence electrons. The molecule has 0 aliphatic carbocycles. The van der Waals surface area contributed by atoms with Crippen LogP contribution in [-0.4, -0.2) is 14.9 Å². The van der Waals surface area contributed by atoms with Crippen molar-refractivity contribution in [1.29, 1.82) is 0 Å². The molecular weight excluding hydrogens is 336 g/mol. The summed E-state index contributed by atoms with van der Waals surface area (Å²) in [6.45, 7) is 0. The predicted molar refractivity (Wildman–Crippen MR) is 72.2 cm³/mol. The zero-order valence-corrected chi connectivity index (χ0v) is 11.9. The monoisotopic (exact) mass is 344 g/mol. The Balaban J connectivity index is 2.78. The lowest BCUT2D eigenvalue weighted by Gasteiger charge is -2.07. The molecule has 1 aromatic carbocycles. The fraction of sp³-hybridized carbons (Fsp3) is 0.273. The number of alkyl halides is 1. The van der Waals surface area contributed by atoms with Crippen molar-refractivity contribution in [1.82, 2.24) is 9.55 Å². The summed E-state index contributed by atoms with van der Waals surface area (Å²) in [5.74, 6) is 0.802. The molecule has 2 aromatic rings. The van der Waals surface area contributed by atoms with E-state index >= 15 is 0 Å². The number of rotatable bonds is 2. The molecule has 0 aliphatic rings. The molecule has 0 saturated carbocycles. The van der Waals surface area contributed by atoms with Crippen molar-refractivity contribution in [3.05, 3.63) is 38.9 Å². The van der Waals surface area contributed by atoms with E-state index in [4.69, 9.17) is 0 Å². The quantitative estimate of drug-likeness (QED) is 0.784. The van der Waals surface area contributed by atoms with Gasteiger partial charge in [-0.3, -0.25) is 9.36 Å². The highest BCUT2D eigenvalue weighted by Gasteiger charge is 2.07. The number of fused-ring (bicyclic) bond motifs is 1. The topological polar surface area (TPSA) is 34.9 Å². The fourth-order valence-corrected chi connectivity index (χ4v) is 2.31. The Hall–Kier alpha value is -0.680. The van der Waals surface area contributed by atoms with E-state index in [1.165, 1.54) is 0 Å². The maximum absolute atomic E-state index is 12.1. The van der Waals surface area contributed by atoms with Crippen molar-refractivity contribution in [3.8, 4) is 0 Å². The Bertz CT molecular complexity index is 592. The first-order valence-corrected chi connectivity index (χ1v) is 6.76. The van der Waals surface area contributed by atoms with Crippen molar-refractivity contribution in [2.45, 2.75) is 6.42 Å². The summed E-state index contributed by atoms with van der Waals surface area (Å²) in [5.41, 5.74) is 0.754. The van der Waals surface area contributed by atoms with Gasteiger partial charge in [-0.2, -0.15) is 0 Å². The van der Waals surface area contributed by atoms with Crippen molar-refractivity contribution in [2.75, 3.05) is 5.33 Å². The molecule has 0 radical (unpaired) electrons. The van der Waals surface area contributed by atoms with Crippen molar-refractivity contribution in [2.24, 2.45) is 7.05 Å². The molecule has 1 heterocycles. The fourth-order valence-electron chi connectivity index (χ4n) is 1.60. The largest absolute Gasteiger partial charge is 0.299 e. The third-order valence-electron chi connectivity index (χ3n) is 2.45. The van der Waals surface area contributed by atoms with Gasteiger partial charge in [-0.1, -0.05) is 31.9 Å². The predicted octanol–water partition coefficient (Wildman–Crippen LogP) is 2.63. The highest BCUT2D eigenvalue weighted by Crippen LogP contribution is 2.15. The molecule has 0 amide bonds. The Labute approximate surface area is 110 Å². The van der Waals surface area contributed by atoms with E-state index in [9.17, 15) is 4.79 Å². The van der Waals surface area contributed by atoms with Crippen LogP contribution in [0.4, 0.5) is 0 Å². The van der Waals surface area contributed by atoms with Crippen LogP contribution in [0.25, 0.3) is 10.9 Å². The average molecular weight is 346 g/mol. The van der Waals surface area contributed by atoms with Crippen LogP contribution in [0.15, 0.2) is 27.5 Å². The van der Waals surface area contributed by atoms with Gasteiger partial charge >= 0.3 is 0 Å². The Morgan fingerprint density at radius 3 is 2.88 bits per heavy atom. The van der Waals surface area contributed by atoms with Crippen LogP contribution in [0, 0.1) is 0 Å². The van der Waals surface area contributed by atoms with E-state index in [0.717, 1.165) is 27.6 Å². The maximum atomic E-state index is 12.1. The van der Waals surface area contributed by atoms with Crippen LogP contribution in [0.3, 0.4) is 0 Å². The first-order chi connectivity index (χ1) is 7.63. The molecule has 16 heavy (non-hydrogen) atoms. The zero-order valence-electron chi connectivity index (χ0n) is 8.70. The number of hydrogen-bond acceptors (Lipinski definition) is 2. The lowest BCUT2D eigenvalue weighted by atomic mass is 10.2. The Morgan fingerprint density at radius 1 is 1.44 bits per heavy atom. The molecule has 1 aromatic heterocycles. The maximum Gasteiger partial charge on any atom is 0.261 e. The Kier molecular flexibility index (Phi) is 3.44. The number of benzene rings is 1. The first-order valence-electron chi connectivity index (χ1n) is 4.84. The van der Waals surface area contributed by atoms with Gasteiger partial charge in [-0.15, -0.1) is 0 Å². The van der Waals surface area contributed by atoms with Crippen LogP contribution in [0.5, 0.6) is 0 Å². The molecule has 2 rings (SSSR count). The van der Waals surface area contributed by atoms with Gasteiger partial charge in [-0.25, -0.2) is 4.98 Å². The van der Waals surface area contributed by atoms with Gasteiger partial charge in [0.05, 0.1) is 10.9 Å². The summed E-state index contributed by atoms with van der Waals surface area (Å²) in [6, 6.07) is 5.56. The Morgan fingerprint density at radius 2 is 2.19 bits per heavy atom. The van der Waals surface area contributed by atoms with E-state index in [1.54, 1.807) is 11.6 Å². The van der Waals surface area contributed by atoms with E-state index in [1.807, 2.05) is 18.2 Å². The minimum Gasteiger partial charge on any atom is -0.299 e. The summed E-state index contributed by atoms with van der Waals surface area (Å²) in [4.78, 5) is 16.5. The number of halogens is 2. The molecule has 5 heteroatoms. The van der Waals surface area contributed by atoms with Crippen molar-refractivity contribution < 1.29 is 0 Å². The molecule has 0 aliphatic heterocycles. The minimum absolute atomic E-state index is 0.00208. The molecule has 0 saturated heterocycles. The minimum atomic E-state index is 0.00208. The van der Waals surface area contributed by atoms with Crippen LogP contribution < -0.4 is 5.56 Å². The number of hydrogen-bond donors (Lipinski definition) is 0. The van der Waals surface area contributed by atoms with E-state index in [2.05, 4.69) is 36.8 Å². The molecule has 0 N–H and O–H groups in total. The summed E-state index contributed by atoms with van der Waals surface area (Å²) in [5, 5.41) is 1.45. The number of aromatic nitrogens is 2. The van der Waals surface area contributed by atoms with Gasteiger partial charge in [0, 0.05) is 23.3 Å². The molecule has 0 atom stereocenters. The van der Waals surface area contributed by atoms with Gasteiger partial charge in [0.25, 0.3) is 5.56 Å². The third kappa shape index (κ3) is 2.06. The SMILES string of the molecule is Cn1c(CCBr)nc2ccc(Br)cc2c1=O. The second-order valence-electron chi connectivity index (χ2n) is 3.49. The lowest BCUT2D eigenvalue weighted by Crippen LogP contribution is -2.22. The smallest absolute Gasteiger partial charge is 0.261 e. The van der Waals surface area contributed by atoms with E-state index in [0.29, 0.717) is 5.39 Å². The first kappa shape index (κ1) is 11.8. The van der Waals surface area contributed by atoms with E-state index < -0.39 is 0 Å². The van der Waals surface area contributed by atoms with Crippen molar-refractivity contribution in [3.63, 3.8) is 0 Å². The highest BCUT2D eigenvalue weighted by atomic mass is 79.9. The van der Waals surface area contributed by atoms with Gasteiger partial charge in [0.2, 0.25) is 0 Å². The van der Waals surface area contributed by atoms with Gasteiger partial charge in [-0.05, 0) is 18.2 Å². The van der Waals surface area contributed by atoms with Crippen molar-refractivity contribution >= 4 is 42.8 Å². The molecular formula is C11H10Br2N2O. The summed E-state index contributed by atoms with van der Waals surface area (Å²) in [6.07, 6.45) is 0.748. The third-order valence-corrected chi connectivity index (χ3v) is 3.34. The molecule has 0 unspecified atom stereocenters. The summed E-state index contributed by atoms with van der Waals surface area (Å²) >= 11 is 6.71. The molecule has 0 fully saturated rings. The van der Waals surface area contributed by atoms with Crippen LogP contribution >= 0.6 is 31.9 Å². The molecule has 0 bridgehead atoms. The average Bonchev–Trinajstić information content (AvgIpc) is 2.27. The molecule has 3 nitrogen and oxygen atoms in total. The second-order valence-corrected chi connectivity index (χ2v) is 5.20. The van der Waals surface area contributed by atoms with Gasteiger partial charge in [0.15, 0.2) is 0 Å². The van der Waals surface area contributed by atoms with Crippen LogP contribution in [0.2, 0.25) is 0 Å². The van der Waals surface area contributed by atoms with Gasteiger partial charge < -0.3 is 0 Å². The standard InChI is InChI=1S/C11H10Br2N2O/c1-15-10(4-5-12)14-9-3-2-7(13)6-8(9)11(15)16/h2-3,6H,4-5H2,1H3. The van der Waals surface area contributed by atoms with E-state index in [-0.39, 0.29) is 5.56 Å². The molecule has 0 spiro atoms. The van der Waals surface area contributed by atoms with Crippen LogP contribution in [0.1, 0.15) is 5.82 Å². The lowest BCUT2D eigenvalue weighted by molar-refractivity contribution is 0.756. The number of nitrogens with zero attached hydrogens (tertiary/aromatic N) is 2.